The molecule has 17 heavy (non-hydrogen) atoms. The Balaban J connectivity index is 3.03. The third-order valence-corrected chi connectivity index (χ3v) is 4.09. The minimum atomic E-state index is 0.303. The molecule has 0 fully saturated rings. The minimum Gasteiger partial charge on any atom is -0.329 e. The number of hydrogen-bond acceptors (Lipinski definition) is 2. The first-order valence-electron chi connectivity index (χ1n) is 6.23. The molecule has 0 bridgehead atoms. The molecule has 0 aromatic heterocycles. The molecule has 3 heteroatoms. The van der Waals surface area contributed by atoms with Gasteiger partial charge in [-0.3, -0.25) is 4.90 Å². The van der Waals surface area contributed by atoms with Gasteiger partial charge in [0.15, 0.2) is 0 Å². The van der Waals surface area contributed by atoms with Crippen molar-refractivity contribution in [3.05, 3.63) is 33.8 Å². The summed E-state index contributed by atoms with van der Waals surface area (Å²) >= 11 is 3.59. The van der Waals surface area contributed by atoms with Gasteiger partial charge in [0.2, 0.25) is 0 Å². The van der Waals surface area contributed by atoms with E-state index >= 15 is 0 Å². The zero-order chi connectivity index (χ0) is 13.0. The maximum absolute atomic E-state index is 5.95. The van der Waals surface area contributed by atoms with Gasteiger partial charge in [-0.1, -0.05) is 35.0 Å². The number of hydrogen-bond donors (Lipinski definition) is 1. The van der Waals surface area contributed by atoms with Crippen LogP contribution in [-0.2, 0) is 0 Å². The van der Waals surface area contributed by atoms with Crippen LogP contribution in [0.25, 0.3) is 0 Å². The standard InChI is InChI=1S/C14H23BrN2/c1-5-17(10(2)3)14(9-16)12-7-6-11(4)13(15)8-12/h6-8,10,14H,5,9,16H2,1-4H3. The number of nitrogens with zero attached hydrogens (tertiary/aromatic N) is 1. The van der Waals surface area contributed by atoms with Crippen LogP contribution in [0.4, 0.5) is 0 Å². The zero-order valence-corrected chi connectivity index (χ0v) is 12.8. The second-order valence-electron chi connectivity index (χ2n) is 4.68. The highest BCUT2D eigenvalue weighted by atomic mass is 79.9. The molecular formula is C14H23BrN2. The van der Waals surface area contributed by atoms with Gasteiger partial charge in [0.25, 0.3) is 0 Å². The number of nitrogens with two attached hydrogens (primary N) is 1. The van der Waals surface area contributed by atoms with Crippen molar-refractivity contribution >= 4 is 15.9 Å². The van der Waals surface area contributed by atoms with Crippen molar-refractivity contribution in [2.75, 3.05) is 13.1 Å². The molecule has 0 heterocycles. The molecule has 2 nitrogen and oxygen atoms in total. The number of likely N-dealkylation sites (N-methyl/N-ethyl adjacent to an activating group) is 1. The molecule has 1 rings (SSSR count). The van der Waals surface area contributed by atoms with Gasteiger partial charge >= 0.3 is 0 Å². The molecule has 1 aromatic carbocycles. The highest BCUT2D eigenvalue weighted by Crippen LogP contribution is 2.26. The van der Waals surface area contributed by atoms with Gasteiger partial charge in [-0.2, -0.15) is 0 Å². The molecule has 2 N–H and O–H groups in total. The summed E-state index contributed by atoms with van der Waals surface area (Å²) < 4.78 is 1.16. The fourth-order valence-electron chi connectivity index (χ4n) is 2.22. The van der Waals surface area contributed by atoms with Gasteiger partial charge in [-0.05, 0) is 44.5 Å². The fourth-order valence-corrected chi connectivity index (χ4v) is 2.62. The van der Waals surface area contributed by atoms with E-state index < -0.39 is 0 Å². The highest BCUT2D eigenvalue weighted by molar-refractivity contribution is 9.10. The van der Waals surface area contributed by atoms with Crippen molar-refractivity contribution in [3.8, 4) is 0 Å². The average Bonchev–Trinajstić information content (AvgIpc) is 2.29. The molecule has 1 atom stereocenters. The van der Waals surface area contributed by atoms with Crippen LogP contribution >= 0.6 is 15.9 Å². The second-order valence-corrected chi connectivity index (χ2v) is 5.54. The second kappa shape index (κ2) is 6.53. The highest BCUT2D eigenvalue weighted by Gasteiger charge is 2.20. The smallest absolute Gasteiger partial charge is 0.0473 e. The van der Waals surface area contributed by atoms with Gasteiger partial charge < -0.3 is 5.73 Å². The summed E-state index contributed by atoms with van der Waals surface area (Å²) in [6.45, 7) is 10.4. The fraction of sp³-hybridized carbons (Fsp3) is 0.571. The van der Waals surface area contributed by atoms with Crippen LogP contribution in [0.15, 0.2) is 22.7 Å². The van der Waals surface area contributed by atoms with Crippen molar-refractivity contribution in [1.29, 1.82) is 0 Å². The van der Waals surface area contributed by atoms with Gasteiger partial charge in [-0.15, -0.1) is 0 Å². The molecule has 0 saturated heterocycles. The van der Waals surface area contributed by atoms with Crippen molar-refractivity contribution < 1.29 is 0 Å². The lowest BCUT2D eigenvalue weighted by molar-refractivity contribution is 0.166. The lowest BCUT2D eigenvalue weighted by Crippen LogP contribution is -2.38. The first-order valence-corrected chi connectivity index (χ1v) is 7.02. The topological polar surface area (TPSA) is 29.3 Å². The Morgan fingerprint density at radius 1 is 1.35 bits per heavy atom. The quantitative estimate of drug-likeness (QED) is 0.902. The molecule has 0 saturated carbocycles. The summed E-state index contributed by atoms with van der Waals surface area (Å²) in [5.41, 5.74) is 8.50. The summed E-state index contributed by atoms with van der Waals surface area (Å²) in [6, 6.07) is 7.34. The molecule has 0 aliphatic heterocycles. The van der Waals surface area contributed by atoms with Gasteiger partial charge in [0.05, 0.1) is 0 Å². The van der Waals surface area contributed by atoms with Crippen LogP contribution < -0.4 is 5.73 Å². The Bertz CT molecular complexity index is 363. The van der Waals surface area contributed by atoms with Crippen LogP contribution in [0, 0.1) is 6.92 Å². The molecule has 1 unspecified atom stereocenters. The molecule has 0 spiro atoms. The molecule has 96 valence electrons. The van der Waals surface area contributed by atoms with Gasteiger partial charge in [0, 0.05) is 23.1 Å². The van der Waals surface area contributed by atoms with E-state index in [1.807, 2.05) is 0 Å². The Morgan fingerprint density at radius 2 is 2.00 bits per heavy atom. The van der Waals surface area contributed by atoms with E-state index in [4.69, 9.17) is 5.73 Å². The van der Waals surface area contributed by atoms with E-state index in [0.29, 0.717) is 18.6 Å². The van der Waals surface area contributed by atoms with Crippen LogP contribution in [0.2, 0.25) is 0 Å². The number of rotatable bonds is 5. The maximum atomic E-state index is 5.95. The predicted molar refractivity (Wildman–Crippen MR) is 78.2 cm³/mol. The first kappa shape index (κ1) is 14.7. The van der Waals surface area contributed by atoms with Crippen molar-refractivity contribution in [2.24, 2.45) is 5.73 Å². The average molecular weight is 299 g/mol. The summed E-state index contributed by atoms with van der Waals surface area (Å²) in [7, 11) is 0. The Labute approximate surface area is 113 Å². The third kappa shape index (κ3) is 3.54. The summed E-state index contributed by atoms with van der Waals surface area (Å²) in [6.07, 6.45) is 0. The molecule has 0 amide bonds. The predicted octanol–water partition coefficient (Wildman–Crippen LogP) is 3.49. The summed E-state index contributed by atoms with van der Waals surface area (Å²) in [5, 5.41) is 0. The van der Waals surface area contributed by atoms with Crippen LogP contribution in [-0.4, -0.2) is 24.0 Å². The lowest BCUT2D eigenvalue weighted by atomic mass is 10.0. The lowest BCUT2D eigenvalue weighted by Gasteiger charge is -2.33. The van der Waals surface area contributed by atoms with Gasteiger partial charge in [-0.25, -0.2) is 0 Å². The largest absolute Gasteiger partial charge is 0.329 e. The molecule has 0 aliphatic carbocycles. The van der Waals surface area contributed by atoms with E-state index in [2.05, 4.69) is 66.7 Å². The molecule has 1 aromatic rings. The number of benzene rings is 1. The van der Waals surface area contributed by atoms with E-state index in [0.717, 1.165) is 11.0 Å². The van der Waals surface area contributed by atoms with Crippen LogP contribution in [0.1, 0.15) is 37.9 Å². The van der Waals surface area contributed by atoms with E-state index in [-0.39, 0.29) is 0 Å². The number of halogens is 1. The van der Waals surface area contributed by atoms with Crippen molar-refractivity contribution in [1.82, 2.24) is 4.90 Å². The van der Waals surface area contributed by atoms with E-state index in [9.17, 15) is 0 Å². The first-order chi connectivity index (χ1) is 8.01. The van der Waals surface area contributed by atoms with Crippen LogP contribution in [0.5, 0.6) is 0 Å². The van der Waals surface area contributed by atoms with E-state index in [1.165, 1.54) is 11.1 Å². The summed E-state index contributed by atoms with van der Waals surface area (Å²) in [4.78, 5) is 2.43. The molecule has 0 radical (unpaired) electrons. The summed E-state index contributed by atoms with van der Waals surface area (Å²) in [5.74, 6) is 0. The molecular weight excluding hydrogens is 276 g/mol. The zero-order valence-electron chi connectivity index (χ0n) is 11.2. The number of aryl methyl sites for hydroxylation is 1. The van der Waals surface area contributed by atoms with Crippen molar-refractivity contribution in [3.63, 3.8) is 0 Å². The molecule has 0 aliphatic rings. The SMILES string of the molecule is CCN(C(C)C)C(CN)c1ccc(C)c(Br)c1. The van der Waals surface area contributed by atoms with Crippen LogP contribution in [0.3, 0.4) is 0 Å². The third-order valence-electron chi connectivity index (χ3n) is 3.23. The monoisotopic (exact) mass is 298 g/mol. The normalized spacial score (nSPS) is 13.4. The Kier molecular flexibility index (Phi) is 5.63. The van der Waals surface area contributed by atoms with Crippen molar-refractivity contribution in [2.45, 2.75) is 39.8 Å². The van der Waals surface area contributed by atoms with Gasteiger partial charge in [0.1, 0.15) is 0 Å². The van der Waals surface area contributed by atoms with E-state index in [1.54, 1.807) is 0 Å². The maximum Gasteiger partial charge on any atom is 0.0473 e. The Morgan fingerprint density at radius 3 is 2.41 bits per heavy atom. The minimum absolute atomic E-state index is 0.303. The Hall–Kier alpha value is -0.380.